The lowest BCUT2D eigenvalue weighted by molar-refractivity contribution is -0.129. The summed E-state index contributed by atoms with van der Waals surface area (Å²) in [5.41, 5.74) is -0.824. The van der Waals surface area contributed by atoms with Crippen LogP contribution in [0.2, 0.25) is 0 Å². The quantitative estimate of drug-likeness (QED) is 0.276. The fourth-order valence-corrected chi connectivity index (χ4v) is 4.43. The Morgan fingerprint density at radius 1 is 0.667 bits per heavy atom. The molecular formula is C20H38N4O4S2. The number of hydrogen-bond donors (Lipinski definition) is 4. The molecule has 0 spiro atoms. The molecule has 2 atom stereocenters. The van der Waals surface area contributed by atoms with Crippen molar-refractivity contribution in [3.05, 3.63) is 0 Å². The van der Waals surface area contributed by atoms with Crippen LogP contribution in [0.1, 0.15) is 68.2 Å². The second-order valence-electron chi connectivity index (χ2n) is 8.99. The SMILES string of the molecule is CCC(=O)NC(CSSCC(NC(=O)CC)C(=O)NC(C)(C)C)C(=O)NC(C)(C)C. The summed E-state index contributed by atoms with van der Waals surface area (Å²) >= 11 is 0. The maximum Gasteiger partial charge on any atom is 0.243 e. The van der Waals surface area contributed by atoms with Gasteiger partial charge in [0.25, 0.3) is 0 Å². The van der Waals surface area contributed by atoms with Gasteiger partial charge in [-0.3, -0.25) is 19.2 Å². The summed E-state index contributed by atoms with van der Waals surface area (Å²) in [6.07, 6.45) is 0.574. The van der Waals surface area contributed by atoms with Crippen molar-refractivity contribution in [1.29, 1.82) is 0 Å². The van der Waals surface area contributed by atoms with E-state index in [-0.39, 0.29) is 36.5 Å². The molecule has 4 N–H and O–H groups in total. The molecule has 10 heteroatoms. The molecule has 4 amide bonds. The van der Waals surface area contributed by atoms with Gasteiger partial charge in [0.1, 0.15) is 12.1 Å². The molecule has 2 unspecified atom stereocenters. The summed E-state index contributed by atoms with van der Waals surface area (Å²) in [6, 6.07) is -1.36. The summed E-state index contributed by atoms with van der Waals surface area (Å²) in [7, 11) is 2.75. The Bertz CT molecular complexity index is 549. The van der Waals surface area contributed by atoms with E-state index in [1.165, 1.54) is 21.6 Å². The van der Waals surface area contributed by atoms with Crippen molar-refractivity contribution < 1.29 is 19.2 Å². The first-order valence-electron chi connectivity index (χ1n) is 10.2. The molecule has 174 valence electrons. The molecule has 0 rings (SSSR count). The van der Waals surface area contributed by atoms with Gasteiger partial charge >= 0.3 is 0 Å². The van der Waals surface area contributed by atoms with E-state index in [1.54, 1.807) is 13.8 Å². The molecule has 0 saturated carbocycles. The molecule has 0 fully saturated rings. The van der Waals surface area contributed by atoms with Crippen LogP contribution in [0.25, 0.3) is 0 Å². The summed E-state index contributed by atoms with van der Waals surface area (Å²) in [5.74, 6) is -0.224. The van der Waals surface area contributed by atoms with E-state index in [4.69, 9.17) is 0 Å². The van der Waals surface area contributed by atoms with Gasteiger partial charge in [0.15, 0.2) is 0 Å². The smallest absolute Gasteiger partial charge is 0.243 e. The zero-order chi connectivity index (χ0) is 23.5. The van der Waals surface area contributed by atoms with Gasteiger partial charge in [0.05, 0.1) is 0 Å². The van der Waals surface area contributed by atoms with Crippen LogP contribution in [0.4, 0.5) is 0 Å². The van der Waals surface area contributed by atoms with Gasteiger partial charge in [0.2, 0.25) is 23.6 Å². The van der Waals surface area contributed by atoms with Crippen LogP contribution in [0.5, 0.6) is 0 Å². The summed E-state index contributed by atoms with van der Waals surface area (Å²) < 4.78 is 0. The first-order valence-corrected chi connectivity index (χ1v) is 12.6. The molecule has 30 heavy (non-hydrogen) atoms. The lowest BCUT2D eigenvalue weighted by Gasteiger charge is -2.26. The Kier molecular flexibility index (Phi) is 12.5. The number of carbonyl (C=O) groups excluding carboxylic acids is 4. The van der Waals surface area contributed by atoms with E-state index < -0.39 is 23.2 Å². The molecule has 0 bridgehead atoms. The Labute approximate surface area is 188 Å². The van der Waals surface area contributed by atoms with Gasteiger partial charge in [-0.25, -0.2) is 0 Å². The van der Waals surface area contributed by atoms with Crippen LogP contribution in [0.3, 0.4) is 0 Å². The monoisotopic (exact) mass is 462 g/mol. The highest BCUT2D eigenvalue weighted by molar-refractivity contribution is 8.76. The molecule has 0 aliphatic carbocycles. The third-order valence-electron chi connectivity index (χ3n) is 3.49. The molecule has 0 heterocycles. The van der Waals surface area contributed by atoms with Gasteiger partial charge in [-0.15, -0.1) is 0 Å². The normalized spacial score (nSPS) is 13.7. The third kappa shape index (κ3) is 13.7. The molecule has 0 aromatic heterocycles. The van der Waals surface area contributed by atoms with Gasteiger partial charge in [0, 0.05) is 35.4 Å². The fraction of sp³-hybridized carbons (Fsp3) is 0.800. The highest BCUT2D eigenvalue weighted by Crippen LogP contribution is 2.23. The second-order valence-corrected chi connectivity index (χ2v) is 11.5. The average Bonchev–Trinajstić information content (AvgIpc) is 2.59. The largest absolute Gasteiger partial charge is 0.350 e. The number of hydrogen-bond acceptors (Lipinski definition) is 6. The van der Waals surface area contributed by atoms with Crippen molar-refractivity contribution in [2.45, 2.75) is 91.4 Å². The Morgan fingerprint density at radius 2 is 0.967 bits per heavy atom. The van der Waals surface area contributed by atoms with Gasteiger partial charge in [-0.2, -0.15) is 0 Å². The zero-order valence-electron chi connectivity index (χ0n) is 19.4. The number of nitrogens with one attached hydrogen (secondary N) is 4. The van der Waals surface area contributed by atoms with Gasteiger partial charge < -0.3 is 21.3 Å². The summed E-state index contributed by atoms with van der Waals surface area (Å²) in [5, 5.41) is 11.2. The highest BCUT2D eigenvalue weighted by Gasteiger charge is 2.26. The number of carbonyl (C=O) groups is 4. The Balaban J connectivity index is 4.92. The molecule has 0 radical (unpaired) electrons. The minimum Gasteiger partial charge on any atom is -0.350 e. The van der Waals surface area contributed by atoms with Crippen LogP contribution in [0, 0.1) is 0 Å². The first-order chi connectivity index (χ1) is 13.7. The van der Waals surface area contributed by atoms with Crippen molar-refractivity contribution in [3.8, 4) is 0 Å². The standard InChI is InChI=1S/C20H38N4O4S2/c1-9-15(25)21-13(17(27)23-19(3,4)5)11-29-30-12-14(22-16(26)10-2)18(28)24-20(6,7)8/h13-14H,9-12H2,1-8H3,(H,21,25)(H,22,26)(H,23,27)(H,24,28). The van der Waals surface area contributed by atoms with E-state index >= 15 is 0 Å². The maximum absolute atomic E-state index is 12.5. The highest BCUT2D eigenvalue weighted by atomic mass is 33.1. The number of amides is 4. The average molecular weight is 463 g/mol. The third-order valence-corrected chi connectivity index (χ3v) is 5.92. The van der Waals surface area contributed by atoms with Crippen LogP contribution < -0.4 is 21.3 Å². The second kappa shape index (κ2) is 13.1. The zero-order valence-corrected chi connectivity index (χ0v) is 21.1. The van der Waals surface area contributed by atoms with Crippen molar-refractivity contribution in [1.82, 2.24) is 21.3 Å². The van der Waals surface area contributed by atoms with E-state index in [1.807, 2.05) is 41.5 Å². The van der Waals surface area contributed by atoms with Gasteiger partial charge in [-0.1, -0.05) is 35.4 Å². The van der Waals surface area contributed by atoms with Crippen LogP contribution in [0.15, 0.2) is 0 Å². The molecule has 0 aromatic rings. The molecule has 0 aliphatic rings. The Hall–Kier alpha value is -1.42. The molecule has 0 aliphatic heterocycles. The minimum absolute atomic E-state index is 0.202. The predicted octanol–water partition coefficient (Wildman–Crippen LogP) is 1.99. The van der Waals surface area contributed by atoms with Crippen LogP contribution in [-0.4, -0.2) is 58.3 Å². The summed E-state index contributed by atoms with van der Waals surface area (Å²) in [4.78, 5) is 48.6. The Morgan fingerprint density at radius 3 is 1.20 bits per heavy atom. The van der Waals surface area contributed by atoms with E-state index in [2.05, 4.69) is 21.3 Å². The van der Waals surface area contributed by atoms with Crippen molar-refractivity contribution in [3.63, 3.8) is 0 Å². The van der Waals surface area contributed by atoms with E-state index in [9.17, 15) is 19.2 Å². The maximum atomic E-state index is 12.5. The van der Waals surface area contributed by atoms with Gasteiger partial charge in [-0.05, 0) is 41.5 Å². The van der Waals surface area contributed by atoms with Crippen molar-refractivity contribution >= 4 is 45.2 Å². The lowest BCUT2D eigenvalue weighted by atomic mass is 10.1. The predicted molar refractivity (Wildman–Crippen MR) is 125 cm³/mol. The molecule has 0 aromatic carbocycles. The fourth-order valence-electron chi connectivity index (χ4n) is 2.10. The lowest BCUT2D eigenvalue weighted by Crippen LogP contribution is -2.53. The van der Waals surface area contributed by atoms with E-state index in [0.717, 1.165) is 0 Å². The van der Waals surface area contributed by atoms with Crippen LogP contribution >= 0.6 is 21.6 Å². The summed E-state index contributed by atoms with van der Waals surface area (Å²) in [6.45, 7) is 14.7. The number of rotatable bonds is 11. The minimum atomic E-state index is -0.679. The topological polar surface area (TPSA) is 116 Å². The van der Waals surface area contributed by atoms with Crippen molar-refractivity contribution in [2.24, 2.45) is 0 Å². The molecular weight excluding hydrogens is 424 g/mol. The molecule has 8 nitrogen and oxygen atoms in total. The van der Waals surface area contributed by atoms with Crippen molar-refractivity contribution in [2.75, 3.05) is 11.5 Å². The molecule has 0 saturated heterocycles. The van der Waals surface area contributed by atoms with E-state index in [0.29, 0.717) is 11.5 Å². The first kappa shape index (κ1) is 28.6. The van der Waals surface area contributed by atoms with Crippen LogP contribution in [-0.2, 0) is 19.2 Å².